The van der Waals surface area contributed by atoms with Gasteiger partial charge in [0.05, 0.1) is 5.01 Å². The highest BCUT2D eigenvalue weighted by Crippen LogP contribution is 2.24. The fourth-order valence-corrected chi connectivity index (χ4v) is 2.71. The van der Waals surface area contributed by atoms with E-state index in [2.05, 4.69) is 27.6 Å². The highest BCUT2D eigenvalue weighted by atomic mass is 127. The van der Waals surface area contributed by atoms with Gasteiger partial charge in [-0.05, 0) is 0 Å². The predicted octanol–water partition coefficient (Wildman–Crippen LogP) is 2.47. The van der Waals surface area contributed by atoms with Gasteiger partial charge in [0.25, 0.3) is 0 Å². The van der Waals surface area contributed by atoms with E-state index in [9.17, 15) is 4.79 Å². The smallest absolute Gasteiger partial charge is 0.356 e. The van der Waals surface area contributed by atoms with E-state index in [1.165, 1.54) is 11.3 Å². The quantitative estimate of drug-likeness (QED) is 0.688. The maximum Gasteiger partial charge on any atom is 0.356 e. The molecule has 1 N–H and O–H groups in total. The number of nitrogens with zero attached hydrogens (tertiary/aromatic N) is 1. The molecule has 0 aromatic carbocycles. The molecule has 1 heterocycles. The topological polar surface area (TPSA) is 50.2 Å². The molecule has 0 aliphatic heterocycles. The van der Waals surface area contributed by atoms with Crippen LogP contribution in [0.1, 0.15) is 15.5 Å². The zero-order valence-electron chi connectivity index (χ0n) is 5.88. The molecule has 0 amide bonds. The van der Waals surface area contributed by atoms with E-state index in [1.807, 2.05) is 0 Å². The van der Waals surface area contributed by atoms with Crippen molar-refractivity contribution >= 4 is 51.5 Å². The number of carboxylic acid groups (broad SMARTS) is 1. The first-order valence-electron chi connectivity index (χ1n) is 3.09. The van der Waals surface area contributed by atoms with Gasteiger partial charge in [0, 0.05) is 10.8 Å². The molecule has 0 atom stereocenters. The lowest BCUT2D eigenvalue weighted by molar-refractivity contribution is 0.0691. The van der Waals surface area contributed by atoms with Gasteiger partial charge in [-0.1, -0.05) is 34.2 Å². The van der Waals surface area contributed by atoms with Crippen molar-refractivity contribution in [3.8, 4) is 0 Å². The fourth-order valence-electron chi connectivity index (χ4n) is 0.663. The monoisotopic (exact) mass is 317 g/mol. The van der Waals surface area contributed by atoms with Crippen LogP contribution in [0.5, 0.6) is 0 Å². The molecule has 3 nitrogen and oxygen atoms in total. The molecule has 0 aliphatic rings. The third kappa shape index (κ3) is 2.30. The van der Waals surface area contributed by atoms with Gasteiger partial charge in [-0.25, -0.2) is 9.78 Å². The van der Waals surface area contributed by atoms with E-state index in [0.29, 0.717) is 0 Å². The highest BCUT2D eigenvalue weighted by molar-refractivity contribution is 14.1. The zero-order valence-corrected chi connectivity index (χ0v) is 9.61. The van der Waals surface area contributed by atoms with E-state index in [-0.39, 0.29) is 10.0 Å². The molecule has 0 bridgehead atoms. The second-order valence-corrected chi connectivity index (χ2v) is 4.74. The summed E-state index contributed by atoms with van der Waals surface area (Å²) in [5.74, 6) is -1.06. The van der Waals surface area contributed by atoms with Gasteiger partial charge < -0.3 is 5.11 Å². The van der Waals surface area contributed by atoms with Crippen molar-refractivity contribution in [2.75, 3.05) is 4.43 Å². The van der Waals surface area contributed by atoms with Crippen molar-refractivity contribution in [2.24, 2.45) is 0 Å². The molecule has 0 saturated carbocycles. The lowest BCUT2D eigenvalue weighted by atomic mass is 10.5. The van der Waals surface area contributed by atoms with E-state index in [1.54, 1.807) is 0 Å². The number of rotatable bonds is 3. The number of halogens is 2. The second kappa shape index (κ2) is 4.38. The summed E-state index contributed by atoms with van der Waals surface area (Å²) in [4.78, 5) is 14.4. The summed E-state index contributed by atoms with van der Waals surface area (Å²) in [5, 5.41) is 9.39. The maximum atomic E-state index is 10.5. The first kappa shape index (κ1) is 10.2. The largest absolute Gasteiger partial charge is 0.476 e. The Morgan fingerprint density at radius 3 is 2.83 bits per heavy atom. The molecule has 1 aromatic heterocycles. The van der Waals surface area contributed by atoms with Crippen molar-refractivity contribution < 1.29 is 9.90 Å². The van der Waals surface area contributed by atoms with Crippen LogP contribution in [0.4, 0.5) is 0 Å². The van der Waals surface area contributed by atoms with Crippen molar-refractivity contribution in [1.82, 2.24) is 4.98 Å². The minimum absolute atomic E-state index is 0.0264. The Morgan fingerprint density at radius 1 is 1.75 bits per heavy atom. The molecule has 0 radical (unpaired) electrons. The summed E-state index contributed by atoms with van der Waals surface area (Å²) in [6, 6.07) is 0. The number of hydrogen-bond donors (Lipinski definition) is 1. The van der Waals surface area contributed by atoms with Gasteiger partial charge in [0.2, 0.25) is 0 Å². The Kier molecular flexibility index (Phi) is 3.73. The standard InChI is InChI=1S/C6H5ClINO2S/c7-5-4(6(10)11)9-3(12-5)1-2-8/h1-2H2,(H,10,11). The Morgan fingerprint density at radius 2 is 2.42 bits per heavy atom. The van der Waals surface area contributed by atoms with Crippen LogP contribution in [0.15, 0.2) is 0 Å². The van der Waals surface area contributed by atoms with Gasteiger partial charge in [-0.15, -0.1) is 11.3 Å². The van der Waals surface area contributed by atoms with E-state index in [0.717, 1.165) is 15.9 Å². The summed E-state index contributed by atoms with van der Waals surface area (Å²) in [7, 11) is 0. The van der Waals surface area contributed by atoms with Gasteiger partial charge >= 0.3 is 5.97 Å². The third-order valence-electron chi connectivity index (χ3n) is 1.14. The van der Waals surface area contributed by atoms with Crippen LogP contribution < -0.4 is 0 Å². The molecule has 0 saturated heterocycles. The SMILES string of the molecule is O=C(O)c1nc(CCI)sc1Cl. The third-order valence-corrected chi connectivity index (χ3v) is 2.99. The number of aryl methyl sites for hydroxylation is 1. The lowest BCUT2D eigenvalue weighted by Crippen LogP contribution is -1.97. The minimum atomic E-state index is -1.06. The number of carboxylic acids is 1. The van der Waals surface area contributed by atoms with Crippen LogP contribution in [-0.2, 0) is 6.42 Å². The Balaban J connectivity index is 2.92. The summed E-state index contributed by atoms with van der Waals surface area (Å²) in [6.45, 7) is 0. The van der Waals surface area contributed by atoms with Crippen LogP contribution >= 0.6 is 45.5 Å². The van der Waals surface area contributed by atoms with E-state index >= 15 is 0 Å². The summed E-state index contributed by atoms with van der Waals surface area (Å²) < 4.78 is 1.18. The Hall–Kier alpha value is 0.120. The minimum Gasteiger partial charge on any atom is -0.476 e. The molecule has 12 heavy (non-hydrogen) atoms. The van der Waals surface area contributed by atoms with Crippen LogP contribution in [0.3, 0.4) is 0 Å². The summed E-state index contributed by atoms with van der Waals surface area (Å²) in [5.41, 5.74) is -0.0264. The normalized spacial score (nSPS) is 10.2. The number of thiazole rings is 1. The van der Waals surface area contributed by atoms with E-state index in [4.69, 9.17) is 16.7 Å². The first-order valence-corrected chi connectivity index (χ1v) is 5.81. The van der Waals surface area contributed by atoms with Crippen molar-refractivity contribution in [3.05, 3.63) is 15.0 Å². The number of aromatic carboxylic acids is 1. The first-order chi connectivity index (χ1) is 5.65. The molecular weight excluding hydrogens is 312 g/mol. The van der Waals surface area contributed by atoms with Crippen molar-refractivity contribution in [1.29, 1.82) is 0 Å². The predicted molar refractivity (Wildman–Crippen MR) is 56.7 cm³/mol. The van der Waals surface area contributed by atoms with Gasteiger partial charge in [-0.3, -0.25) is 0 Å². The number of carbonyl (C=O) groups is 1. The van der Waals surface area contributed by atoms with Crippen LogP contribution in [0, 0.1) is 0 Å². The fraction of sp³-hybridized carbons (Fsp3) is 0.333. The lowest BCUT2D eigenvalue weighted by Gasteiger charge is -1.85. The molecule has 0 aliphatic carbocycles. The van der Waals surface area contributed by atoms with Crippen molar-refractivity contribution in [2.45, 2.75) is 6.42 Å². The molecule has 0 fully saturated rings. The number of aromatic nitrogens is 1. The second-order valence-electron chi connectivity index (χ2n) is 1.97. The Bertz CT molecular complexity index is 302. The average Bonchev–Trinajstić information content (AvgIpc) is 2.32. The van der Waals surface area contributed by atoms with E-state index < -0.39 is 5.97 Å². The van der Waals surface area contributed by atoms with Gasteiger partial charge in [0.15, 0.2) is 5.69 Å². The number of hydrogen-bond acceptors (Lipinski definition) is 3. The van der Waals surface area contributed by atoms with Crippen LogP contribution in [-0.4, -0.2) is 20.5 Å². The molecule has 66 valence electrons. The molecule has 0 spiro atoms. The molecule has 1 rings (SSSR count). The van der Waals surface area contributed by atoms with Crippen molar-refractivity contribution in [3.63, 3.8) is 0 Å². The van der Waals surface area contributed by atoms with Crippen LogP contribution in [0.2, 0.25) is 4.34 Å². The highest BCUT2D eigenvalue weighted by Gasteiger charge is 2.14. The summed E-state index contributed by atoms with van der Waals surface area (Å²) in [6.07, 6.45) is 0.776. The van der Waals surface area contributed by atoms with Gasteiger partial charge in [-0.2, -0.15) is 0 Å². The zero-order chi connectivity index (χ0) is 9.14. The summed E-state index contributed by atoms with van der Waals surface area (Å²) >= 11 is 9.09. The van der Waals surface area contributed by atoms with Crippen LogP contribution in [0.25, 0.3) is 0 Å². The Labute approximate surface area is 91.9 Å². The molecule has 6 heteroatoms. The average molecular weight is 318 g/mol. The number of alkyl halides is 1. The molecule has 1 aromatic rings. The molecule has 0 unspecified atom stereocenters. The maximum absolute atomic E-state index is 10.5. The molecular formula is C6H5ClINO2S. The van der Waals surface area contributed by atoms with Gasteiger partial charge in [0.1, 0.15) is 4.34 Å².